The summed E-state index contributed by atoms with van der Waals surface area (Å²) in [5, 5.41) is 11.8. The number of pyridine rings is 1. The van der Waals surface area contributed by atoms with Crippen molar-refractivity contribution in [3.8, 4) is 17.1 Å². The number of H-pyrrole nitrogens is 1. The monoisotopic (exact) mass is 454 g/mol. The molecule has 34 heavy (non-hydrogen) atoms. The van der Waals surface area contributed by atoms with Crippen molar-refractivity contribution in [3.05, 3.63) is 71.9 Å². The highest BCUT2D eigenvalue weighted by Gasteiger charge is 2.40. The third-order valence-electron chi connectivity index (χ3n) is 6.95. The number of rotatable bonds is 4. The van der Waals surface area contributed by atoms with Crippen molar-refractivity contribution in [2.24, 2.45) is 0 Å². The van der Waals surface area contributed by atoms with Crippen LogP contribution in [0.25, 0.3) is 22.2 Å². The fraction of sp³-hybridized carbons (Fsp3) is 0.269. The van der Waals surface area contributed by atoms with E-state index in [1.54, 1.807) is 13.3 Å². The molecule has 1 saturated heterocycles. The highest BCUT2D eigenvalue weighted by molar-refractivity contribution is 6.00. The summed E-state index contributed by atoms with van der Waals surface area (Å²) in [6.45, 7) is 2.33. The van der Waals surface area contributed by atoms with Crippen molar-refractivity contribution < 1.29 is 9.53 Å². The summed E-state index contributed by atoms with van der Waals surface area (Å²) in [7, 11) is 3.72. The molecule has 2 amide bonds. The van der Waals surface area contributed by atoms with Crippen molar-refractivity contribution in [1.82, 2.24) is 25.0 Å². The van der Waals surface area contributed by atoms with Gasteiger partial charge in [-0.3, -0.25) is 5.10 Å². The number of likely N-dealkylation sites (N-methyl/N-ethyl adjacent to an activating group) is 1. The molecule has 0 saturated carbocycles. The van der Waals surface area contributed by atoms with Crippen LogP contribution in [0.1, 0.15) is 17.0 Å². The van der Waals surface area contributed by atoms with E-state index in [0.717, 1.165) is 46.5 Å². The lowest BCUT2D eigenvalue weighted by Gasteiger charge is -2.36. The summed E-state index contributed by atoms with van der Waals surface area (Å²) < 4.78 is 5.29. The second-order valence-corrected chi connectivity index (χ2v) is 9.08. The quantitative estimate of drug-likeness (QED) is 0.485. The Morgan fingerprint density at radius 1 is 1.09 bits per heavy atom. The summed E-state index contributed by atoms with van der Waals surface area (Å²) >= 11 is 0. The summed E-state index contributed by atoms with van der Waals surface area (Å²) in [6.07, 6.45) is 1.72. The maximum Gasteiger partial charge on any atom is 0.322 e. The second-order valence-electron chi connectivity index (χ2n) is 9.08. The number of hydrogen-bond acceptors (Lipinski definition) is 5. The maximum absolute atomic E-state index is 13.2. The molecule has 0 spiro atoms. The number of amides is 2. The normalized spacial score (nSPS) is 20.4. The molecule has 2 aliphatic rings. The van der Waals surface area contributed by atoms with E-state index in [1.807, 2.05) is 29.2 Å². The van der Waals surface area contributed by atoms with Gasteiger partial charge in [0.15, 0.2) is 0 Å². The number of methoxy groups -OCH3 is 1. The van der Waals surface area contributed by atoms with E-state index in [9.17, 15) is 4.79 Å². The molecule has 8 nitrogen and oxygen atoms in total. The highest BCUT2D eigenvalue weighted by atomic mass is 16.5. The average Bonchev–Trinajstić information content (AvgIpc) is 3.46. The van der Waals surface area contributed by atoms with Gasteiger partial charge in [0, 0.05) is 54.5 Å². The average molecular weight is 455 g/mol. The van der Waals surface area contributed by atoms with Gasteiger partial charge in [-0.1, -0.05) is 30.3 Å². The first-order valence-electron chi connectivity index (χ1n) is 11.4. The zero-order chi connectivity index (χ0) is 23.2. The van der Waals surface area contributed by atoms with Crippen molar-refractivity contribution >= 4 is 22.6 Å². The molecule has 0 aliphatic carbocycles. The number of carbonyl (C=O) groups excluding carboxylic acids is 1. The first kappa shape index (κ1) is 20.7. The SMILES string of the molecule is COc1cc(-c2n[nH]c3cc4c(cc23)CN(C2CN(C)CC2c2ccccc2)C(=O)N4)ccn1. The van der Waals surface area contributed by atoms with Crippen LogP contribution in [0.3, 0.4) is 0 Å². The highest BCUT2D eigenvalue weighted by Crippen LogP contribution is 2.37. The van der Waals surface area contributed by atoms with Gasteiger partial charge in [0.25, 0.3) is 0 Å². The van der Waals surface area contributed by atoms with E-state index in [2.05, 4.69) is 62.8 Å². The molecule has 4 heterocycles. The first-order chi connectivity index (χ1) is 16.6. The Hall–Kier alpha value is -3.91. The Balaban J connectivity index is 1.36. The van der Waals surface area contributed by atoms with Crippen LogP contribution in [0.2, 0.25) is 0 Å². The van der Waals surface area contributed by atoms with Gasteiger partial charge in [-0.05, 0) is 36.4 Å². The Morgan fingerprint density at radius 2 is 1.94 bits per heavy atom. The number of aromatic nitrogens is 3. The largest absolute Gasteiger partial charge is 0.481 e. The predicted molar refractivity (Wildman–Crippen MR) is 131 cm³/mol. The number of nitrogens with zero attached hydrogens (tertiary/aromatic N) is 4. The molecule has 2 N–H and O–H groups in total. The number of carbonyl (C=O) groups is 1. The summed E-state index contributed by atoms with van der Waals surface area (Å²) in [5.41, 5.74) is 5.83. The van der Waals surface area contributed by atoms with Gasteiger partial charge in [0.05, 0.1) is 18.7 Å². The number of fused-ring (bicyclic) bond motifs is 2. The molecule has 1 fully saturated rings. The van der Waals surface area contributed by atoms with Crippen molar-refractivity contribution in [3.63, 3.8) is 0 Å². The number of nitrogens with one attached hydrogen (secondary N) is 2. The van der Waals surface area contributed by atoms with Gasteiger partial charge in [-0.25, -0.2) is 9.78 Å². The molecule has 2 unspecified atom stereocenters. The number of aromatic amines is 1. The molecule has 2 aromatic carbocycles. The van der Waals surface area contributed by atoms with Gasteiger partial charge < -0.3 is 19.9 Å². The number of urea groups is 1. The molecule has 0 bridgehead atoms. The minimum atomic E-state index is -0.0494. The van der Waals surface area contributed by atoms with E-state index < -0.39 is 0 Å². The molecule has 4 aromatic rings. The number of likely N-dealkylation sites (tertiary alicyclic amines) is 1. The van der Waals surface area contributed by atoms with Gasteiger partial charge in [-0.15, -0.1) is 0 Å². The minimum absolute atomic E-state index is 0.0494. The lowest BCUT2D eigenvalue weighted by atomic mass is 9.92. The Kier molecular flexibility index (Phi) is 4.95. The van der Waals surface area contributed by atoms with Crippen LogP contribution in [0.15, 0.2) is 60.8 Å². The van der Waals surface area contributed by atoms with E-state index in [4.69, 9.17) is 4.74 Å². The predicted octanol–water partition coefficient (Wildman–Crippen LogP) is 4.08. The number of benzene rings is 2. The van der Waals surface area contributed by atoms with Crippen LogP contribution in [-0.2, 0) is 6.54 Å². The van der Waals surface area contributed by atoms with Gasteiger partial charge in [0.1, 0.15) is 5.69 Å². The Bertz CT molecular complexity index is 1370. The molecule has 6 rings (SSSR count). The molecule has 2 aromatic heterocycles. The van der Waals surface area contributed by atoms with Gasteiger partial charge in [-0.2, -0.15) is 5.10 Å². The van der Waals surface area contributed by atoms with Crippen LogP contribution in [0, 0.1) is 0 Å². The molecule has 8 heteroatoms. The third kappa shape index (κ3) is 3.47. The van der Waals surface area contributed by atoms with E-state index in [0.29, 0.717) is 12.4 Å². The molecular weight excluding hydrogens is 428 g/mol. The molecule has 0 radical (unpaired) electrons. The summed E-state index contributed by atoms with van der Waals surface area (Å²) in [6, 6.07) is 18.5. The molecule has 172 valence electrons. The van der Waals surface area contributed by atoms with Crippen molar-refractivity contribution in [2.45, 2.75) is 18.5 Å². The first-order valence-corrected chi connectivity index (χ1v) is 11.4. The van der Waals surface area contributed by atoms with E-state index in [1.165, 1.54) is 5.56 Å². The van der Waals surface area contributed by atoms with Crippen LogP contribution >= 0.6 is 0 Å². The molecule has 2 aliphatic heterocycles. The van der Waals surface area contributed by atoms with Crippen LogP contribution in [-0.4, -0.2) is 64.3 Å². The van der Waals surface area contributed by atoms with Crippen molar-refractivity contribution in [1.29, 1.82) is 0 Å². The maximum atomic E-state index is 13.2. The third-order valence-corrected chi connectivity index (χ3v) is 6.95. The van der Waals surface area contributed by atoms with Crippen LogP contribution in [0.5, 0.6) is 5.88 Å². The molecular formula is C26H26N6O2. The van der Waals surface area contributed by atoms with Crippen molar-refractivity contribution in [2.75, 3.05) is 32.6 Å². The second kappa shape index (κ2) is 8.14. The zero-order valence-electron chi connectivity index (χ0n) is 19.2. The Labute approximate surface area is 197 Å². The summed E-state index contributed by atoms with van der Waals surface area (Å²) in [4.78, 5) is 21.7. The van der Waals surface area contributed by atoms with Crippen LogP contribution < -0.4 is 10.1 Å². The van der Waals surface area contributed by atoms with Crippen LogP contribution in [0.4, 0.5) is 10.5 Å². The fourth-order valence-corrected chi connectivity index (χ4v) is 5.28. The smallest absolute Gasteiger partial charge is 0.322 e. The Morgan fingerprint density at radius 3 is 2.76 bits per heavy atom. The van der Waals surface area contributed by atoms with E-state index in [-0.39, 0.29) is 18.0 Å². The minimum Gasteiger partial charge on any atom is -0.481 e. The summed E-state index contributed by atoms with van der Waals surface area (Å²) in [5.74, 6) is 0.818. The van der Waals surface area contributed by atoms with Gasteiger partial charge >= 0.3 is 6.03 Å². The lowest BCUT2D eigenvalue weighted by Crippen LogP contribution is -2.48. The van der Waals surface area contributed by atoms with E-state index >= 15 is 0 Å². The number of hydrogen-bond donors (Lipinski definition) is 2. The zero-order valence-corrected chi connectivity index (χ0v) is 19.2. The standard InChI is InChI=1S/C26H26N6O2/c1-31-14-20(16-6-4-3-5-7-16)23(15-31)32-13-18-10-19-22(12-21(18)28-26(32)33)29-30-25(19)17-8-9-27-24(11-17)34-2/h3-12,20,23H,13-15H2,1-2H3,(H,28,33)(H,29,30). The number of ether oxygens (including phenoxy) is 1. The number of anilines is 1. The lowest BCUT2D eigenvalue weighted by molar-refractivity contribution is 0.177. The van der Waals surface area contributed by atoms with Gasteiger partial charge in [0.2, 0.25) is 5.88 Å². The fourth-order valence-electron chi connectivity index (χ4n) is 5.28. The topological polar surface area (TPSA) is 86.4 Å². The molecule has 2 atom stereocenters.